The highest BCUT2D eigenvalue weighted by atomic mass is 16.5. The van der Waals surface area contributed by atoms with Crippen LogP contribution < -0.4 is 11.1 Å². The standard InChI is InChI=1S/C9H14N4O2/c1-13-3-6(2-11-13)8(10)9(14)12-7-4-15-5-7/h2-3,7-8H,4-5,10H2,1H3,(H,12,14). The lowest BCUT2D eigenvalue weighted by atomic mass is 10.1. The minimum Gasteiger partial charge on any atom is -0.377 e. The molecule has 0 bridgehead atoms. The van der Waals surface area contributed by atoms with E-state index in [1.807, 2.05) is 0 Å². The number of ether oxygens (including phenoxy) is 1. The highest BCUT2D eigenvalue weighted by molar-refractivity contribution is 5.83. The second-order valence-corrected chi connectivity index (χ2v) is 3.67. The van der Waals surface area contributed by atoms with E-state index in [1.54, 1.807) is 24.1 Å². The predicted molar refractivity (Wildman–Crippen MR) is 52.9 cm³/mol. The van der Waals surface area contributed by atoms with E-state index in [4.69, 9.17) is 10.5 Å². The Morgan fingerprint density at radius 3 is 3.00 bits per heavy atom. The third-order valence-electron chi connectivity index (χ3n) is 2.35. The van der Waals surface area contributed by atoms with Gasteiger partial charge in [-0.1, -0.05) is 0 Å². The molecule has 6 heteroatoms. The fraction of sp³-hybridized carbons (Fsp3) is 0.556. The van der Waals surface area contributed by atoms with Crippen molar-refractivity contribution in [2.45, 2.75) is 12.1 Å². The Kier molecular flexibility index (Phi) is 2.70. The Balaban J connectivity index is 1.94. The van der Waals surface area contributed by atoms with Gasteiger partial charge in [-0.3, -0.25) is 9.48 Å². The van der Waals surface area contributed by atoms with E-state index < -0.39 is 6.04 Å². The molecule has 1 aromatic heterocycles. The molecule has 0 aromatic carbocycles. The second kappa shape index (κ2) is 4.00. The molecule has 0 aliphatic carbocycles. The predicted octanol–water partition coefficient (Wildman–Crippen LogP) is -1.07. The third-order valence-corrected chi connectivity index (χ3v) is 2.35. The van der Waals surface area contributed by atoms with Crippen molar-refractivity contribution >= 4 is 5.91 Å². The first kappa shape index (κ1) is 10.1. The molecule has 1 atom stereocenters. The summed E-state index contributed by atoms with van der Waals surface area (Å²) >= 11 is 0. The number of hydrogen-bond donors (Lipinski definition) is 2. The molecule has 1 amide bonds. The molecule has 0 saturated carbocycles. The van der Waals surface area contributed by atoms with Crippen LogP contribution in [0.25, 0.3) is 0 Å². The molecule has 3 N–H and O–H groups in total. The molecule has 1 fully saturated rings. The number of carbonyl (C=O) groups is 1. The van der Waals surface area contributed by atoms with Crippen LogP contribution in [0.2, 0.25) is 0 Å². The molecule has 6 nitrogen and oxygen atoms in total. The molecule has 0 spiro atoms. The van der Waals surface area contributed by atoms with Crippen molar-refractivity contribution in [3.8, 4) is 0 Å². The van der Waals surface area contributed by atoms with Crippen LogP contribution >= 0.6 is 0 Å². The normalized spacial score (nSPS) is 18.3. The van der Waals surface area contributed by atoms with Crippen LogP contribution in [0.1, 0.15) is 11.6 Å². The summed E-state index contributed by atoms with van der Waals surface area (Å²) in [6.07, 6.45) is 3.34. The average Bonchev–Trinajstić information content (AvgIpc) is 2.56. The summed E-state index contributed by atoms with van der Waals surface area (Å²) in [5.41, 5.74) is 6.49. The molecule has 15 heavy (non-hydrogen) atoms. The summed E-state index contributed by atoms with van der Waals surface area (Å²) in [6.45, 7) is 1.15. The largest absolute Gasteiger partial charge is 0.377 e. The number of carbonyl (C=O) groups excluding carboxylic acids is 1. The van der Waals surface area contributed by atoms with E-state index in [0.29, 0.717) is 13.2 Å². The van der Waals surface area contributed by atoms with Gasteiger partial charge < -0.3 is 15.8 Å². The number of nitrogens with two attached hydrogens (primary N) is 1. The number of aryl methyl sites for hydroxylation is 1. The fourth-order valence-corrected chi connectivity index (χ4v) is 1.36. The summed E-state index contributed by atoms with van der Waals surface area (Å²) < 4.78 is 6.57. The van der Waals surface area contributed by atoms with E-state index in [0.717, 1.165) is 5.56 Å². The monoisotopic (exact) mass is 210 g/mol. The minimum atomic E-state index is -0.653. The van der Waals surface area contributed by atoms with Gasteiger partial charge in [0.25, 0.3) is 0 Å². The van der Waals surface area contributed by atoms with Crippen molar-refractivity contribution in [1.29, 1.82) is 0 Å². The van der Waals surface area contributed by atoms with Gasteiger partial charge in [-0.25, -0.2) is 0 Å². The number of amides is 1. The van der Waals surface area contributed by atoms with Crippen LogP contribution in [-0.2, 0) is 16.6 Å². The summed E-state index contributed by atoms with van der Waals surface area (Å²) in [7, 11) is 1.79. The minimum absolute atomic E-state index is 0.111. The van der Waals surface area contributed by atoms with Gasteiger partial charge in [-0.2, -0.15) is 5.10 Å². The van der Waals surface area contributed by atoms with Crippen LogP contribution in [0.3, 0.4) is 0 Å². The van der Waals surface area contributed by atoms with Crippen molar-refractivity contribution in [1.82, 2.24) is 15.1 Å². The maximum absolute atomic E-state index is 11.6. The Bertz CT molecular complexity index is 359. The number of nitrogens with zero attached hydrogens (tertiary/aromatic N) is 2. The highest BCUT2D eigenvalue weighted by Crippen LogP contribution is 2.09. The summed E-state index contributed by atoms with van der Waals surface area (Å²) in [5.74, 6) is -0.184. The number of nitrogens with one attached hydrogen (secondary N) is 1. The van der Waals surface area contributed by atoms with Crippen LogP contribution in [0.4, 0.5) is 0 Å². The zero-order chi connectivity index (χ0) is 10.8. The molecule has 1 unspecified atom stereocenters. The molecule has 2 rings (SSSR count). The van der Waals surface area contributed by atoms with E-state index in [-0.39, 0.29) is 11.9 Å². The smallest absolute Gasteiger partial charge is 0.242 e. The summed E-state index contributed by atoms with van der Waals surface area (Å²) in [5, 5.41) is 6.76. The van der Waals surface area contributed by atoms with Gasteiger partial charge in [0.15, 0.2) is 0 Å². The van der Waals surface area contributed by atoms with Crippen molar-refractivity contribution < 1.29 is 9.53 Å². The van der Waals surface area contributed by atoms with Crippen molar-refractivity contribution in [2.24, 2.45) is 12.8 Å². The first-order chi connectivity index (χ1) is 7.16. The van der Waals surface area contributed by atoms with E-state index >= 15 is 0 Å². The molecule has 1 aromatic rings. The first-order valence-corrected chi connectivity index (χ1v) is 4.79. The van der Waals surface area contributed by atoms with Crippen molar-refractivity contribution in [2.75, 3.05) is 13.2 Å². The van der Waals surface area contributed by atoms with Crippen LogP contribution in [0, 0.1) is 0 Å². The summed E-state index contributed by atoms with van der Waals surface area (Å²) in [4.78, 5) is 11.6. The van der Waals surface area contributed by atoms with Crippen LogP contribution in [0.15, 0.2) is 12.4 Å². The summed E-state index contributed by atoms with van der Waals surface area (Å²) in [6, 6.07) is -0.542. The number of hydrogen-bond acceptors (Lipinski definition) is 4. The highest BCUT2D eigenvalue weighted by Gasteiger charge is 2.24. The maximum atomic E-state index is 11.6. The molecular formula is C9H14N4O2. The first-order valence-electron chi connectivity index (χ1n) is 4.79. The number of aromatic nitrogens is 2. The van der Waals surface area contributed by atoms with Gasteiger partial charge >= 0.3 is 0 Å². The van der Waals surface area contributed by atoms with Gasteiger partial charge in [0.1, 0.15) is 6.04 Å². The van der Waals surface area contributed by atoms with Gasteiger partial charge in [0.2, 0.25) is 5.91 Å². The lowest BCUT2D eigenvalue weighted by Gasteiger charge is -2.27. The van der Waals surface area contributed by atoms with E-state index in [9.17, 15) is 4.79 Å². The lowest BCUT2D eigenvalue weighted by molar-refractivity contribution is -0.126. The van der Waals surface area contributed by atoms with Gasteiger partial charge in [-0.15, -0.1) is 0 Å². The van der Waals surface area contributed by atoms with Crippen LogP contribution in [-0.4, -0.2) is 34.9 Å². The Labute approximate surface area is 87.4 Å². The second-order valence-electron chi connectivity index (χ2n) is 3.67. The molecule has 2 heterocycles. The van der Waals surface area contributed by atoms with Crippen LogP contribution in [0.5, 0.6) is 0 Å². The zero-order valence-electron chi connectivity index (χ0n) is 8.51. The van der Waals surface area contributed by atoms with Gasteiger partial charge in [0.05, 0.1) is 25.5 Å². The number of rotatable bonds is 3. The Morgan fingerprint density at radius 2 is 2.53 bits per heavy atom. The van der Waals surface area contributed by atoms with Crippen molar-refractivity contribution in [3.63, 3.8) is 0 Å². The third kappa shape index (κ3) is 2.16. The van der Waals surface area contributed by atoms with Gasteiger partial charge in [0, 0.05) is 18.8 Å². The zero-order valence-corrected chi connectivity index (χ0v) is 8.51. The molecule has 0 radical (unpaired) electrons. The maximum Gasteiger partial charge on any atom is 0.242 e. The molecule has 1 aliphatic rings. The Morgan fingerprint density at radius 1 is 1.80 bits per heavy atom. The quantitative estimate of drug-likeness (QED) is 0.666. The van der Waals surface area contributed by atoms with E-state index in [1.165, 1.54) is 0 Å². The van der Waals surface area contributed by atoms with Crippen molar-refractivity contribution in [3.05, 3.63) is 18.0 Å². The topological polar surface area (TPSA) is 82.2 Å². The Hall–Kier alpha value is -1.40. The van der Waals surface area contributed by atoms with Gasteiger partial charge in [-0.05, 0) is 0 Å². The SMILES string of the molecule is Cn1cc(C(N)C(=O)NC2COC2)cn1. The molecule has 82 valence electrons. The average molecular weight is 210 g/mol. The van der Waals surface area contributed by atoms with E-state index in [2.05, 4.69) is 10.4 Å². The molecule has 1 saturated heterocycles. The lowest BCUT2D eigenvalue weighted by Crippen LogP contribution is -2.51. The fourth-order valence-electron chi connectivity index (χ4n) is 1.36. The molecular weight excluding hydrogens is 196 g/mol. The molecule has 1 aliphatic heterocycles.